The predicted molar refractivity (Wildman–Crippen MR) is 85.7 cm³/mol. The summed E-state index contributed by atoms with van der Waals surface area (Å²) in [5.41, 5.74) is 2.19. The van der Waals surface area contributed by atoms with Crippen molar-refractivity contribution in [1.82, 2.24) is 20.1 Å². The summed E-state index contributed by atoms with van der Waals surface area (Å²) in [6.07, 6.45) is 5.32. The topological polar surface area (TPSA) is 71.8 Å². The van der Waals surface area contributed by atoms with E-state index < -0.39 is 0 Å². The first-order chi connectivity index (χ1) is 10.8. The van der Waals surface area contributed by atoms with Gasteiger partial charge in [0.15, 0.2) is 5.82 Å². The van der Waals surface area contributed by atoms with Crippen LogP contribution in [0.5, 0.6) is 0 Å². The molecule has 0 bridgehead atoms. The van der Waals surface area contributed by atoms with Crippen LogP contribution in [0, 0.1) is 0 Å². The van der Waals surface area contributed by atoms with Gasteiger partial charge in [0.1, 0.15) is 0 Å². The number of hydrogen-bond acceptors (Lipinski definition) is 4. The molecule has 0 aromatic carbocycles. The largest absolute Gasteiger partial charge is 0.334 e. The van der Waals surface area contributed by atoms with Crippen molar-refractivity contribution >= 4 is 23.2 Å². The lowest BCUT2D eigenvalue weighted by atomic mass is 10.3. The average molecular weight is 313 g/mol. The lowest BCUT2D eigenvalue weighted by Gasteiger charge is -2.04. The van der Waals surface area contributed by atoms with Crippen LogP contribution < -0.4 is 10.6 Å². The molecule has 3 heterocycles. The highest BCUT2D eigenvalue weighted by Gasteiger charge is 2.05. The van der Waals surface area contributed by atoms with Crippen LogP contribution in [0.15, 0.2) is 53.6 Å². The minimum absolute atomic E-state index is 0.264. The molecule has 0 fully saturated rings. The van der Waals surface area contributed by atoms with Gasteiger partial charge in [0.25, 0.3) is 0 Å². The molecule has 0 radical (unpaired) electrons. The number of carbonyl (C=O) groups is 1. The maximum absolute atomic E-state index is 11.8. The van der Waals surface area contributed by atoms with E-state index in [0.717, 1.165) is 11.1 Å². The van der Waals surface area contributed by atoms with E-state index >= 15 is 0 Å². The highest BCUT2D eigenvalue weighted by atomic mass is 32.1. The van der Waals surface area contributed by atoms with Gasteiger partial charge in [-0.3, -0.25) is 15.0 Å². The molecule has 0 aliphatic rings. The number of nitrogens with zero attached hydrogens (tertiary/aromatic N) is 3. The Morgan fingerprint density at radius 1 is 1.18 bits per heavy atom. The number of amides is 2. The molecule has 0 aliphatic carbocycles. The maximum atomic E-state index is 11.8. The van der Waals surface area contributed by atoms with Gasteiger partial charge in [0, 0.05) is 31.2 Å². The third-order valence-corrected chi connectivity index (χ3v) is 3.74. The number of anilines is 1. The fourth-order valence-electron chi connectivity index (χ4n) is 1.93. The summed E-state index contributed by atoms with van der Waals surface area (Å²) in [5.74, 6) is 0.525. The summed E-state index contributed by atoms with van der Waals surface area (Å²) in [4.78, 5) is 15.8. The summed E-state index contributed by atoms with van der Waals surface area (Å²) in [7, 11) is 0. The molecule has 0 spiro atoms. The zero-order valence-electron chi connectivity index (χ0n) is 11.8. The van der Waals surface area contributed by atoms with E-state index in [9.17, 15) is 4.79 Å². The number of nitrogens with one attached hydrogen (secondary N) is 2. The highest BCUT2D eigenvalue weighted by Crippen LogP contribution is 2.07. The normalized spacial score (nSPS) is 10.4. The van der Waals surface area contributed by atoms with Gasteiger partial charge in [-0.1, -0.05) is 0 Å². The summed E-state index contributed by atoms with van der Waals surface area (Å²) in [6.45, 7) is 1.15. The highest BCUT2D eigenvalue weighted by molar-refractivity contribution is 7.07. The lowest BCUT2D eigenvalue weighted by molar-refractivity contribution is 0.251. The Hall–Kier alpha value is -2.67. The Morgan fingerprint density at radius 2 is 2.05 bits per heavy atom. The molecule has 0 atom stereocenters. The number of hydrogen-bond donors (Lipinski definition) is 2. The number of pyridine rings is 1. The van der Waals surface area contributed by atoms with Gasteiger partial charge in [0.2, 0.25) is 0 Å². The second-order valence-corrected chi connectivity index (χ2v) is 5.47. The van der Waals surface area contributed by atoms with Crippen LogP contribution in [-0.4, -0.2) is 20.8 Å². The quantitative estimate of drug-likeness (QED) is 0.761. The first-order valence-corrected chi connectivity index (χ1v) is 7.72. The van der Waals surface area contributed by atoms with Crippen LogP contribution in [0.25, 0.3) is 0 Å². The van der Waals surface area contributed by atoms with Gasteiger partial charge in [-0.2, -0.15) is 16.4 Å². The minimum atomic E-state index is -0.264. The van der Waals surface area contributed by atoms with E-state index in [2.05, 4.69) is 20.7 Å². The van der Waals surface area contributed by atoms with Crippen molar-refractivity contribution in [3.8, 4) is 0 Å². The van der Waals surface area contributed by atoms with Gasteiger partial charge in [-0.25, -0.2) is 4.79 Å². The van der Waals surface area contributed by atoms with E-state index in [4.69, 9.17) is 0 Å². The number of carbonyl (C=O) groups excluding carboxylic acids is 1. The fraction of sp³-hybridized carbons (Fsp3) is 0.133. The van der Waals surface area contributed by atoms with Crippen LogP contribution in [0.2, 0.25) is 0 Å². The van der Waals surface area contributed by atoms with Crippen molar-refractivity contribution in [1.29, 1.82) is 0 Å². The van der Waals surface area contributed by atoms with Crippen molar-refractivity contribution < 1.29 is 4.79 Å². The van der Waals surface area contributed by atoms with Crippen molar-refractivity contribution in [3.05, 3.63) is 64.7 Å². The molecule has 3 rings (SSSR count). The number of rotatable bonds is 5. The zero-order valence-corrected chi connectivity index (χ0v) is 12.6. The Bertz CT molecular complexity index is 723. The van der Waals surface area contributed by atoms with Crippen LogP contribution in [-0.2, 0) is 13.1 Å². The van der Waals surface area contributed by atoms with Crippen LogP contribution >= 0.6 is 11.3 Å². The summed E-state index contributed by atoms with van der Waals surface area (Å²) >= 11 is 1.61. The van der Waals surface area contributed by atoms with Crippen molar-refractivity contribution in [2.45, 2.75) is 13.1 Å². The molecule has 0 aliphatic heterocycles. The standard InChI is InChI=1S/C15H15N5OS/c21-15(17-9-13-4-8-22-11-13)18-14-3-7-20(19-14)10-12-1-5-16-6-2-12/h1-8,11H,9-10H2,(H2,17,18,19,21). The average Bonchev–Trinajstić information content (AvgIpc) is 3.18. The number of aromatic nitrogens is 3. The number of urea groups is 1. The van der Waals surface area contributed by atoms with Crippen molar-refractivity contribution in [2.75, 3.05) is 5.32 Å². The molecule has 2 N–H and O–H groups in total. The lowest BCUT2D eigenvalue weighted by Crippen LogP contribution is -2.28. The number of thiophene rings is 1. The molecule has 3 aromatic heterocycles. The van der Waals surface area contributed by atoms with Gasteiger partial charge in [-0.15, -0.1) is 0 Å². The molecule has 0 unspecified atom stereocenters. The molecule has 3 aromatic rings. The van der Waals surface area contributed by atoms with E-state index in [0.29, 0.717) is 18.9 Å². The molecule has 0 saturated carbocycles. The van der Waals surface area contributed by atoms with Crippen LogP contribution in [0.4, 0.5) is 10.6 Å². The first kappa shape index (κ1) is 14.3. The van der Waals surface area contributed by atoms with E-state index in [-0.39, 0.29) is 6.03 Å². The van der Waals surface area contributed by atoms with Gasteiger partial charge in [0.05, 0.1) is 6.54 Å². The van der Waals surface area contributed by atoms with E-state index in [1.165, 1.54) is 0 Å². The third kappa shape index (κ3) is 3.92. The molecular formula is C15H15N5OS. The smallest absolute Gasteiger partial charge is 0.320 e. The van der Waals surface area contributed by atoms with Gasteiger partial charge < -0.3 is 5.32 Å². The maximum Gasteiger partial charge on any atom is 0.320 e. The fourth-order valence-corrected chi connectivity index (χ4v) is 2.60. The monoisotopic (exact) mass is 313 g/mol. The molecular weight excluding hydrogens is 298 g/mol. The zero-order chi connectivity index (χ0) is 15.2. The SMILES string of the molecule is O=C(NCc1ccsc1)Nc1ccn(Cc2ccncc2)n1. The Balaban J connectivity index is 1.51. The first-order valence-electron chi connectivity index (χ1n) is 6.78. The predicted octanol–water partition coefficient (Wildman–Crippen LogP) is 2.71. The Kier molecular flexibility index (Phi) is 4.45. The molecule has 22 heavy (non-hydrogen) atoms. The molecule has 7 heteroatoms. The molecule has 0 saturated heterocycles. The van der Waals surface area contributed by atoms with Crippen LogP contribution in [0.1, 0.15) is 11.1 Å². The van der Waals surface area contributed by atoms with E-state index in [1.54, 1.807) is 34.5 Å². The van der Waals surface area contributed by atoms with Crippen LogP contribution in [0.3, 0.4) is 0 Å². The molecule has 2 amide bonds. The summed E-state index contributed by atoms with van der Waals surface area (Å²) < 4.78 is 1.77. The molecule has 112 valence electrons. The van der Waals surface area contributed by atoms with Gasteiger partial charge >= 0.3 is 6.03 Å². The Labute approximate surface area is 131 Å². The van der Waals surface area contributed by atoms with E-state index in [1.807, 2.05) is 35.2 Å². The summed E-state index contributed by atoms with van der Waals surface area (Å²) in [6, 6.07) is 7.35. The summed E-state index contributed by atoms with van der Waals surface area (Å²) in [5, 5.41) is 13.8. The third-order valence-electron chi connectivity index (χ3n) is 3.01. The second kappa shape index (κ2) is 6.86. The molecule has 6 nitrogen and oxygen atoms in total. The Morgan fingerprint density at radius 3 is 2.82 bits per heavy atom. The second-order valence-electron chi connectivity index (χ2n) is 4.69. The van der Waals surface area contributed by atoms with Gasteiger partial charge in [-0.05, 0) is 40.1 Å². The van der Waals surface area contributed by atoms with Crippen molar-refractivity contribution in [3.63, 3.8) is 0 Å². The minimum Gasteiger partial charge on any atom is -0.334 e. The van der Waals surface area contributed by atoms with Crippen molar-refractivity contribution in [2.24, 2.45) is 0 Å².